The number of nitrogens with one attached hydrogen (secondary N) is 1. The fraction of sp³-hybridized carbons (Fsp3) is 0.381. The van der Waals surface area contributed by atoms with Crippen molar-refractivity contribution in [3.63, 3.8) is 0 Å². The number of rotatable bonds is 4. The molecule has 1 aromatic carbocycles. The second-order valence-electron chi connectivity index (χ2n) is 7.83. The number of halogens is 2. The predicted octanol–water partition coefficient (Wildman–Crippen LogP) is 1.53. The van der Waals surface area contributed by atoms with Gasteiger partial charge in [-0.2, -0.15) is 15.0 Å². The van der Waals surface area contributed by atoms with Crippen molar-refractivity contribution in [2.75, 3.05) is 67.6 Å². The molecule has 13 heteroatoms. The van der Waals surface area contributed by atoms with Crippen molar-refractivity contribution in [2.45, 2.75) is 0 Å². The van der Waals surface area contributed by atoms with Crippen LogP contribution in [-0.2, 0) is 4.74 Å². The van der Waals surface area contributed by atoms with Crippen LogP contribution in [0.3, 0.4) is 0 Å². The molecule has 2 saturated heterocycles. The van der Waals surface area contributed by atoms with E-state index in [9.17, 15) is 13.6 Å². The van der Waals surface area contributed by atoms with E-state index in [-0.39, 0.29) is 5.69 Å². The molecule has 34 heavy (non-hydrogen) atoms. The van der Waals surface area contributed by atoms with Gasteiger partial charge in [0.05, 0.1) is 18.9 Å². The topological polar surface area (TPSA) is 105 Å². The number of urea groups is 1. The van der Waals surface area contributed by atoms with Crippen LogP contribution in [0.5, 0.6) is 0 Å². The van der Waals surface area contributed by atoms with Crippen LogP contribution in [-0.4, -0.2) is 87.9 Å². The molecule has 178 valence electrons. The molecule has 2 aliphatic rings. The standard InChI is InChI=1S/C21H23F2N9O2/c22-15-1-2-17(16(23)13-15)25-21(33)31-7-5-29(6-8-31)18-26-19(30-9-11-34-12-10-30)28-20(27-18)32-4-3-24-14-32/h1-4,13-14H,5-12H2,(H,25,33). The number of nitrogens with zero attached hydrogens (tertiary/aromatic N) is 8. The number of piperazine rings is 1. The number of hydrogen-bond acceptors (Lipinski definition) is 8. The number of amides is 2. The molecule has 3 aromatic rings. The summed E-state index contributed by atoms with van der Waals surface area (Å²) in [6.07, 6.45) is 5.04. The van der Waals surface area contributed by atoms with Crippen molar-refractivity contribution in [1.82, 2.24) is 29.4 Å². The number of anilines is 3. The van der Waals surface area contributed by atoms with Crippen LogP contribution in [0.2, 0.25) is 0 Å². The molecule has 4 heterocycles. The molecule has 11 nitrogen and oxygen atoms in total. The molecule has 0 saturated carbocycles. The second kappa shape index (κ2) is 9.55. The van der Waals surface area contributed by atoms with Gasteiger partial charge in [0.1, 0.15) is 18.0 Å². The predicted molar refractivity (Wildman–Crippen MR) is 119 cm³/mol. The van der Waals surface area contributed by atoms with Crippen molar-refractivity contribution in [3.05, 3.63) is 48.6 Å². The molecule has 0 radical (unpaired) electrons. The Kier molecular flexibility index (Phi) is 6.16. The van der Waals surface area contributed by atoms with Gasteiger partial charge in [0.2, 0.25) is 17.8 Å². The summed E-state index contributed by atoms with van der Waals surface area (Å²) in [5, 5.41) is 2.50. The number of aromatic nitrogens is 5. The molecule has 0 unspecified atom stereocenters. The highest BCUT2D eigenvalue weighted by Gasteiger charge is 2.25. The summed E-state index contributed by atoms with van der Waals surface area (Å²) in [5.74, 6) is -0.00226. The van der Waals surface area contributed by atoms with Gasteiger partial charge in [0.25, 0.3) is 0 Å². The Morgan fingerprint density at radius 1 is 0.912 bits per heavy atom. The van der Waals surface area contributed by atoms with Crippen molar-refractivity contribution in [3.8, 4) is 5.95 Å². The van der Waals surface area contributed by atoms with Crippen LogP contribution in [0.15, 0.2) is 36.9 Å². The molecular formula is C21H23F2N9O2. The van der Waals surface area contributed by atoms with Gasteiger partial charge in [-0.05, 0) is 12.1 Å². The minimum absolute atomic E-state index is 0.0635. The zero-order valence-corrected chi connectivity index (χ0v) is 18.3. The summed E-state index contributed by atoms with van der Waals surface area (Å²) in [4.78, 5) is 36.2. The number of imidazole rings is 1. The van der Waals surface area contributed by atoms with Crippen LogP contribution >= 0.6 is 0 Å². The van der Waals surface area contributed by atoms with Crippen LogP contribution < -0.4 is 15.1 Å². The molecule has 0 bridgehead atoms. The third kappa shape index (κ3) is 4.73. The molecule has 0 spiro atoms. The fourth-order valence-corrected chi connectivity index (χ4v) is 3.78. The lowest BCUT2D eigenvalue weighted by atomic mass is 10.3. The number of carbonyl (C=O) groups is 1. The maximum atomic E-state index is 13.9. The summed E-state index contributed by atoms with van der Waals surface area (Å²) in [7, 11) is 0. The monoisotopic (exact) mass is 471 g/mol. The highest BCUT2D eigenvalue weighted by Crippen LogP contribution is 2.20. The first-order valence-corrected chi connectivity index (χ1v) is 10.9. The lowest BCUT2D eigenvalue weighted by Crippen LogP contribution is -2.50. The maximum absolute atomic E-state index is 13.9. The van der Waals surface area contributed by atoms with Crippen molar-refractivity contribution >= 4 is 23.6 Å². The first-order chi connectivity index (χ1) is 16.6. The van der Waals surface area contributed by atoms with Gasteiger partial charge in [-0.15, -0.1) is 0 Å². The SMILES string of the molecule is O=C(Nc1ccc(F)cc1F)N1CCN(c2nc(N3CCOCC3)nc(-n3ccnc3)n2)CC1. The Balaban J connectivity index is 1.30. The lowest BCUT2D eigenvalue weighted by Gasteiger charge is -2.35. The van der Waals surface area contributed by atoms with E-state index in [0.717, 1.165) is 12.1 Å². The maximum Gasteiger partial charge on any atom is 0.322 e. The Bertz CT molecular complexity index is 1150. The fourth-order valence-electron chi connectivity index (χ4n) is 3.78. The zero-order chi connectivity index (χ0) is 23.5. The first-order valence-electron chi connectivity index (χ1n) is 10.9. The third-order valence-electron chi connectivity index (χ3n) is 5.65. The van der Waals surface area contributed by atoms with Crippen molar-refractivity contribution in [1.29, 1.82) is 0 Å². The molecule has 2 aliphatic heterocycles. The molecule has 2 amide bonds. The van der Waals surface area contributed by atoms with E-state index in [4.69, 9.17) is 4.74 Å². The zero-order valence-electron chi connectivity index (χ0n) is 18.3. The average molecular weight is 471 g/mol. The van der Waals surface area contributed by atoms with Gasteiger partial charge < -0.3 is 24.8 Å². The van der Waals surface area contributed by atoms with Crippen LogP contribution in [0.25, 0.3) is 5.95 Å². The minimum Gasteiger partial charge on any atom is -0.378 e. The molecule has 5 rings (SSSR count). The van der Waals surface area contributed by atoms with E-state index in [1.165, 1.54) is 6.07 Å². The Morgan fingerprint density at radius 2 is 1.59 bits per heavy atom. The van der Waals surface area contributed by atoms with E-state index in [2.05, 4.69) is 30.2 Å². The highest BCUT2D eigenvalue weighted by atomic mass is 19.1. The Hall–Kier alpha value is -3.87. The summed E-state index contributed by atoms with van der Waals surface area (Å²) < 4.78 is 34.1. The summed E-state index contributed by atoms with van der Waals surface area (Å²) in [6.45, 7) is 4.29. The first kappa shape index (κ1) is 21.9. The van der Waals surface area contributed by atoms with Crippen molar-refractivity contribution in [2.24, 2.45) is 0 Å². The quantitative estimate of drug-likeness (QED) is 0.611. The number of benzene rings is 1. The van der Waals surface area contributed by atoms with E-state index < -0.39 is 17.7 Å². The average Bonchev–Trinajstić information content (AvgIpc) is 3.41. The van der Waals surface area contributed by atoms with E-state index in [0.29, 0.717) is 70.3 Å². The van der Waals surface area contributed by atoms with Crippen LogP contribution in [0, 0.1) is 11.6 Å². The van der Waals surface area contributed by atoms with Crippen LogP contribution in [0.4, 0.5) is 31.2 Å². The van der Waals surface area contributed by atoms with E-state index >= 15 is 0 Å². The number of hydrogen-bond donors (Lipinski definition) is 1. The van der Waals surface area contributed by atoms with E-state index in [1.54, 1.807) is 28.2 Å². The summed E-state index contributed by atoms with van der Waals surface area (Å²) in [6, 6.07) is 2.59. The minimum atomic E-state index is -0.820. The largest absolute Gasteiger partial charge is 0.378 e. The lowest BCUT2D eigenvalue weighted by molar-refractivity contribution is 0.122. The van der Waals surface area contributed by atoms with Gasteiger partial charge in [0.15, 0.2) is 0 Å². The van der Waals surface area contributed by atoms with Gasteiger partial charge in [-0.3, -0.25) is 4.57 Å². The van der Waals surface area contributed by atoms with Gasteiger partial charge in [0, 0.05) is 57.7 Å². The Morgan fingerprint density at radius 3 is 2.24 bits per heavy atom. The van der Waals surface area contributed by atoms with Gasteiger partial charge >= 0.3 is 6.03 Å². The molecule has 0 atom stereocenters. The third-order valence-corrected chi connectivity index (χ3v) is 5.65. The van der Waals surface area contributed by atoms with Gasteiger partial charge in [-0.1, -0.05) is 0 Å². The van der Waals surface area contributed by atoms with Gasteiger partial charge in [-0.25, -0.2) is 18.6 Å². The molecule has 2 aromatic heterocycles. The Labute approximate surface area is 194 Å². The normalized spacial score (nSPS) is 16.6. The molecule has 1 N–H and O–H groups in total. The molecular weight excluding hydrogens is 448 g/mol. The van der Waals surface area contributed by atoms with E-state index in [1.807, 2.05) is 4.90 Å². The summed E-state index contributed by atoms with van der Waals surface area (Å²) in [5.41, 5.74) is -0.0635. The number of ether oxygens (including phenoxy) is 1. The van der Waals surface area contributed by atoms with Crippen molar-refractivity contribution < 1.29 is 18.3 Å². The van der Waals surface area contributed by atoms with Crippen LogP contribution in [0.1, 0.15) is 0 Å². The second-order valence-corrected chi connectivity index (χ2v) is 7.83. The number of carbonyl (C=O) groups excluding carboxylic acids is 1. The molecule has 0 aliphatic carbocycles. The molecule has 2 fully saturated rings. The number of morpholine rings is 1. The highest BCUT2D eigenvalue weighted by molar-refractivity contribution is 5.89. The smallest absolute Gasteiger partial charge is 0.322 e. The summed E-state index contributed by atoms with van der Waals surface area (Å²) >= 11 is 0.